The zero-order valence-corrected chi connectivity index (χ0v) is 17.1. The van der Waals surface area contributed by atoms with E-state index in [1.807, 2.05) is 81.4 Å². The molecule has 1 heterocycles. The first-order chi connectivity index (χ1) is 14.1. The lowest BCUT2D eigenvalue weighted by atomic mass is 10.0. The normalized spacial score (nSPS) is 10.6. The number of nitrogens with one attached hydrogen (secondary N) is 3. The predicted octanol–water partition coefficient (Wildman–Crippen LogP) is 5.65. The van der Waals surface area contributed by atoms with Crippen molar-refractivity contribution in [1.82, 2.24) is 9.97 Å². The lowest BCUT2D eigenvalue weighted by Crippen LogP contribution is -2.21. The molecule has 0 spiro atoms. The van der Waals surface area contributed by atoms with Gasteiger partial charge in [-0.15, -0.1) is 0 Å². The molecule has 0 saturated carbocycles. The van der Waals surface area contributed by atoms with E-state index in [2.05, 4.69) is 25.9 Å². The van der Waals surface area contributed by atoms with Gasteiger partial charge in [-0.3, -0.25) is 4.79 Å². The number of amides is 1. The second-order valence-electron chi connectivity index (χ2n) is 6.91. The Hall–Kier alpha value is -3.41. The molecule has 29 heavy (non-hydrogen) atoms. The molecule has 1 aromatic heterocycles. The lowest BCUT2D eigenvalue weighted by Gasteiger charge is -2.13. The number of nitrogens with zero attached hydrogens (tertiary/aromatic N) is 2. The predicted molar refractivity (Wildman–Crippen MR) is 119 cm³/mol. The van der Waals surface area contributed by atoms with Crippen LogP contribution in [0.2, 0.25) is 0 Å². The molecule has 3 rings (SSSR count). The fourth-order valence-corrected chi connectivity index (χ4v) is 3.03. The topological polar surface area (TPSA) is 78.9 Å². The Morgan fingerprint density at radius 1 is 0.862 bits per heavy atom. The summed E-state index contributed by atoms with van der Waals surface area (Å²) in [6.07, 6.45) is 1.68. The lowest BCUT2D eigenvalue weighted by molar-refractivity contribution is -0.120. The van der Waals surface area contributed by atoms with Gasteiger partial charge in [0.25, 0.3) is 0 Å². The highest BCUT2D eigenvalue weighted by atomic mass is 16.1. The average molecular weight is 390 g/mol. The molecule has 0 saturated heterocycles. The van der Waals surface area contributed by atoms with E-state index in [9.17, 15) is 4.79 Å². The summed E-state index contributed by atoms with van der Waals surface area (Å²) in [5, 5.41) is 9.48. The summed E-state index contributed by atoms with van der Waals surface area (Å²) < 4.78 is 0. The van der Waals surface area contributed by atoms with Crippen molar-refractivity contribution >= 4 is 34.7 Å². The van der Waals surface area contributed by atoms with Crippen molar-refractivity contribution in [2.75, 3.05) is 16.0 Å². The maximum Gasteiger partial charge on any atom is 0.229 e. The van der Waals surface area contributed by atoms with Crippen LogP contribution in [0, 0.1) is 12.8 Å². The number of aryl methyl sites for hydroxylation is 1. The number of carbonyl (C=O) groups excluding carboxylic acids is 1. The maximum atomic E-state index is 12.2. The molecule has 0 radical (unpaired) electrons. The zero-order chi connectivity index (χ0) is 20.6. The van der Waals surface area contributed by atoms with Crippen molar-refractivity contribution in [1.29, 1.82) is 0 Å². The Bertz CT molecular complexity index is 937. The van der Waals surface area contributed by atoms with Crippen LogP contribution in [0.5, 0.6) is 0 Å². The van der Waals surface area contributed by atoms with Crippen LogP contribution >= 0.6 is 0 Å². The molecule has 1 amide bonds. The van der Waals surface area contributed by atoms with Gasteiger partial charge in [0.2, 0.25) is 11.9 Å². The van der Waals surface area contributed by atoms with Gasteiger partial charge in [-0.05, 0) is 56.2 Å². The summed E-state index contributed by atoms with van der Waals surface area (Å²) >= 11 is 0. The Morgan fingerprint density at radius 2 is 1.48 bits per heavy atom. The summed E-state index contributed by atoms with van der Waals surface area (Å²) in [6.45, 7) is 5.99. The summed E-state index contributed by atoms with van der Waals surface area (Å²) in [7, 11) is 0. The van der Waals surface area contributed by atoms with Gasteiger partial charge >= 0.3 is 0 Å². The molecule has 6 heteroatoms. The standard InChI is InChI=1S/C23H27N5O/c1-4-17(5-2)22(29)26-19-11-13-20(14-12-19)27-23-24-16(3)15-21(28-23)25-18-9-7-6-8-10-18/h6-15,17H,4-5H2,1-3H3,(H,26,29)(H2,24,25,27,28). The highest BCUT2D eigenvalue weighted by Crippen LogP contribution is 2.21. The third kappa shape index (κ3) is 5.78. The monoisotopic (exact) mass is 389 g/mol. The minimum Gasteiger partial charge on any atom is -0.340 e. The van der Waals surface area contributed by atoms with Crippen LogP contribution in [0.4, 0.5) is 28.8 Å². The van der Waals surface area contributed by atoms with E-state index >= 15 is 0 Å². The number of aromatic nitrogens is 2. The van der Waals surface area contributed by atoms with Crippen molar-refractivity contribution < 1.29 is 4.79 Å². The molecule has 2 aromatic carbocycles. The van der Waals surface area contributed by atoms with Crippen LogP contribution in [0.1, 0.15) is 32.4 Å². The van der Waals surface area contributed by atoms with E-state index in [0.717, 1.165) is 41.4 Å². The van der Waals surface area contributed by atoms with Gasteiger partial charge in [-0.2, -0.15) is 4.98 Å². The van der Waals surface area contributed by atoms with Gasteiger partial charge in [0.15, 0.2) is 0 Å². The van der Waals surface area contributed by atoms with E-state index in [1.54, 1.807) is 0 Å². The number of rotatable bonds is 8. The van der Waals surface area contributed by atoms with Crippen LogP contribution in [-0.4, -0.2) is 15.9 Å². The molecule has 0 aliphatic rings. The maximum absolute atomic E-state index is 12.2. The second kappa shape index (κ2) is 9.68. The van der Waals surface area contributed by atoms with Crippen LogP contribution in [0.15, 0.2) is 60.7 Å². The third-order valence-electron chi connectivity index (χ3n) is 4.67. The smallest absolute Gasteiger partial charge is 0.229 e. The van der Waals surface area contributed by atoms with Crippen molar-refractivity contribution in [2.45, 2.75) is 33.6 Å². The first-order valence-electron chi connectivity index (χ1n) is 9.93. The largest absolute Gasteiger partial charge is 0.340 e. The third-order valence-corrected chi connectivity index (χ3v) is 4.67. The Morgan fingerprint density at radius 3 is 2.14 bits per heavy atom. The summed E-state index contributed by atoms with van der Waals surface area (Å²) in [5.74, 6) is 1.34. The average Bonchev–Trinajstić information content (AvgIpc) is 2.71. The molecule has 6 nitrogen and oxygen atoms in total. The fraction of sp³-hybridized carbons (Fsp3) is 0.261. The van der Waals surface area contributed by atoms with Crippen LogP contribution in [-0.2, 0) is 4.79 Å². The SMILES string of the molecule is CCC(CC)C(=O)Nc1ccc(Nc2nc(C)cc(Nc3ccccc3)n2)cc1. The van der Waals surface area contributed by atoms with Crippen molar-refractivity contribution in [3.63, 3.8) is 0 Å². The van der Waals surface area contributed by atoms with Crippen LogP contribution in [0.3, 0.4) is 0 Å². The number of hydrogen-bond acceptors (Lipinski definition) is 5. The van der Waals surface area contributed by atoms with E-state index in [-0.39, 0.29) is 11.8 Å². The molecule has 3 N–H and O–H groups in total. The molecule has 0 unspecified atom stereocenters. The molecular weight excluding hydrogens is 362 g/mol. The van der Waals surface area contributed by atoms with E-state index < -0.39 is 0 Å². The van der Waals surface area contributed by atoms with Crippen LogP contribution < -0.4 is 16.0 Å². The van der Waals surface area contributed by atoms with Crippen LogP contribution in [0.25, 0.3) is 0 Å². The van der Waals surface area contributed by atoms with E-state index in [4.69, 9.17) is 0 Å². The Kier molecular flexibility index (Phi) is 6.79. The highest BCUT2D eigenvalue weighted by Gasteiger charge is 2.14. The molecule has 0 aliphatic heterocycles. The fourth-order valence-electron chi connectivity index (χ4n) is 3.03. The Balaban J connectivity index is 1.67. The summed E-state index contributed by atoms with van der Waals surface area (Å²) in [6, 6.07) is 19.3. The van der Waals surface area contributed by atoms with Gasteiger partial charge in [-0.1, -0.05) is 32.0 Å². The van der Waals surface area contributed by atoms with E-state index in [0.29, 0.717) is 5.95 Å². The molecule has 0 atom stereocenters. The summed E-state index contributed by atoms with van der Waals surface area (Å²) in [4.78, 5) is 21.2. The Labute approximate surface area is 171 Å². The summed E-state index contributed by atoms with van der Waals surface area (Å²) in [5.41, 5.74) is 3.45. The second-order valence-corrected chi connectivity index (χ2v) is 6.91. The first kappa shape index (κ1) is 20.3. The quantitative estimate of drug-likeness (QED) is 0.464. The number of anilines is 5. The minimum absolute atomic E-state index is 0.0454. The van der Waals surface area contributed by atoms with Gasteiger partial charge < -0.3 is 16.0 Å². The number of hydrogen-bond donors (Lipinski definition) is 3. The van der Waals surface area contributed by atoms with Gasteiger partial charge in [0.1, 0.15) is 5.82 Å². The molecule has 0 bridgehead atoms. The zero-order valence-electron chi connectivity index (χ0n) is 17.1. The highest BCUT2D eigenvalue weighted by molar-refractivity contribution is 5.92. The van der Waals surface area contributed by atoms with Crippen molar-refractivity contribution in [2.24, 2.45) is 5.92 Å². The molecule has 3 aromatic rings. The number of para-hydroxylation sites is 1. The van der Waals surface area contributed by atoms with Gasteiger partial charge in [-0.25, -0.2) is 4.98 Å². The minimum atomic E-state index is 0.0454. The van der Waals surface area contributed by atoms with Crippen molar-refractivity contribution in [3.05, 3.63) is 66.4 Å². The van der Waals surface area contributed by atoms with E-state index in [1.165, 1.54) is 0 Å². The van der Waals surface area contributed by atoms with Gasteiger partial charge in [0, 0.05) is 34.7 Å². The molecule has 0 aliphatic carbocycles. The molecule has 150 valence electrons. The molecular formula is C23H27N5O. The van der Waals surface area contributed by atoms with Gasteiger partial charge in [0.05, 0.1) is 0 Å². The first-order valence-corrected chi connectivity index (χ1v) is 9.93. The number of carbonyl (C=O) groups is 1. The van der Waals surface area contributed by atoms with Crippen molar-refractivity contribution in [3.8, 4) is 0 Å². The number of benzene rings is 2. The molecule has 0 fully saturated rings.